The predicted octanol–water partition coefficient (Wildman–Crippen LogP) is 4.49. The maximum atomic E-state index is 13.6. The zero-order valence-corrected chi connectivity index (χ0v) is 26.6. The van der Waals surface area contributed by atoms with E-state index in [1.807, 2.05) is 44.2 Å². The molecule has 0 aliphatic carbocycles. The third kappa shape index (κ3) is 6.03. The van der Waals surface area contributed by atoms with Crippen molar-refractivity contribution >= 4 is 72.4 Å². The Kier molecular flexibility index (Phi) is 8.61. The Morgan fingerprint density at radius 3 is 2.31 bits per heavy atom. The molecule has 1 aromatic heterocycles. The number of carbonyl (C=O) groups is 3. The highest BCUT2D eigenvalue weighted by Gasteiger charge is 2.62. The summed E-state index contributed by atoms with van der Waals surface area (Å²) >= 11 is 13.4. The molecule has 3 aromatic rings. The highest BCUT2D eigenvalue weighted by molar-refractivity contribution is 7.89. The van der Waals surface area contributed by atoms with E-state index >= 15 is 0 Å². The molecule has 9 nitrogen and oxygen atoms in total. The minimum atomic E-state index is -4.00. The van der Waals surface area contributed by atoms with E-state index in [2.05, 4.69) is 5.32 Å². The molecule has 2 aromatic carbocycles. The van der Waals surface area contributed by atoms with E-state index in [-0.39, 0.29) is 66.3 Å². The first-order chi connectivity index (χ1) is 19.8. The van der Waals surface area contributed by atoms with Gasteiger partial charge in [0.1, 0.15) is 16.5 Å². The van der Waals surface area contributed by atoms with Gasteiger partial charge >= 0.3 is 0 Å². The summed E-state index contributed by atoms with van der Waals surface area (Å²) in [5.41, 5.74) is -1.23. The van der Waals surface area contributed by atoms with Gasteiger partial charge in [0.25, 0.3) is 5.91 Å². The molecule has 0 spiro atoms. The van der Waals surface area contributed by atoms with Gasteiger partial charge in [0.2, 0.25) is 21.8 Å². The lowest BCUT2D eigenvalue weighted by Gasteiger charge is -2.37. The average molecular weight is 652 g/mol. The van der Waals surface area contributed by atoms with Crippen LogP contribution in [-0.4, -0.2) is 84.5 Å². The quantitative estimate of drug-likeness (QED) is 0.362. The van der Waals surface area contributed by atoms with Gasteiger partial charge in [-0.3, -0.25) is 14.4 Å². The number of nitrogens with one attached hydrogen (secondary N) is 1. The Hall–Kier alpha value is -2.70. The molecule has 3 amide bonds. The number of nitrogens with zero attached hydrogens (tertiary/aromatic N) is 3. The lowest BCUT2D eigenvalue weighted by atomic mass is 10.0. The molecule has 224 valence electrons. The summed E-state index contributed by atoms with van der Waals surface area (Å²) in [6, 6.07) is 13.0. The van der Waals surface area contributed by atoms with Crippen molar-refractivity contribution in [3.05, 3.63) is 63.5 Å². The van der Waals surface area contributed by atoms with E-state index in [1.165, 1.54) is 29.5 Å². The number of fused-ring (bicyclic) bond motifs is 1. The molecule has 5 rings (SSSR count). The smallest absolute Gasteiger partial charge is 0.262 e. The molecule has 3 atom stereocenters. The number of thiophene rings is 1. The van der Waals surface area contributed by atoms with E-state index in [0.717, 1.165) is 14.4 Å². The lowest BCUT2D eigenvalue weighted by Crippen LogP contribution is -2.57. The zero-order chi connectivity index (χ0) is 30.4. The first kappa shape index (κ1) is 30.7. The fraction of sp³-hybridized carbons (Fsp3) is 0.414. The zero-order valence-electron chi connectivity index (χ0n) is 23.5. The van der Waals surface area contributed by atoms with Crippen molar-refractivity contribution in [2.75, 3.05) is 32.7 Å². The first-order valence-electron chi connectivity index (χ1n) is 13.7. The van der Waals surface area contributed by atoms with Gasteiger partial charge in [0.15, 0.2) is 0 Å². The predicted molar refractivity (Wildman–Crippen MR) is 164 cm³/mol. The number of hydrogen-bond donors (Lipinski definition) is 1. The fourth-order valence-corrected chi connectivity index (χ4v) is 8.76. The second-order valence-corrected chi connectivity index (χ2v) is 15.0. The van der Waals surface area contributed by atoms with Gasteiger partial charge in [-0.2, -0.15) is 4.31 Å². The number of sulfonamides is 1. The molecular formula is C29H32Cl2N4O5S2. The largest absolute Gasteiger partial charge is 0.340 e. The number of amides is 3. The van der Waals surface area contributed by atoms with Crippen LogP contribution < -0.4 is 5.32 Å². The second kappa shape index (κ2) is 11.8. The van der Waals surface area contributed by atoms with Gasteiger partial charge in [-0.1, -0.05) is 55.2 Å². The molecule has 0 saturated carbocycles. The van der Waals surface area contributed by atoms with E-state index < -0.39 is 21.6 Å². The summed E-state index contributed by atoms with van der Waals surface area (Å²) in [6.07, 6.45) is 0.479. The van der Waals surface area contributed by atoms with Crippen LogP contribution in [0, 0.1) is 5.92 Å². The van der Waals surface area contributed by atoms with Crippen LogP contribution in [0.15, 0.2) is 53.4 Å². The number of piperazine rings is 1. The summed E-state index contributed by atoms with van der Waals surface area (Å²) in [6.45, 7) is 6.70. The standard InChI is InChI=1S/C29H32Cl2N4O5S2/c1-18(2)14-22(32-26(36)24-15-19-6-4-5-7-23(19)41-24)27(37)33-10-12-34(13-11-33)28(38)29(3)17-35(29)42(39,40)25-9-8-20(30)16-21(25)31/h4-9,15-16,18,22H,10-14,17H2,1-3H3,(H,32,36)/t22-,29+,35?/m0/s1. The van der Waals surface area contributed by atoms with Crippen molar-refractivity contribution in [3.63, 3.8) is 0 Å². The van der Waals surface area contributed by atoms with Crippen LogP contribution in [0.5, 0.6) is 0 Å². The van der Waals surface area contributed by atoms with Crippen LogP contribution in [0.1, 0.15) is 36.9 Å². The van der Waals surface area contributed by atoms with Gasteiger partial charge in [0, 0.05) is 42.4 Å². The molecule has 13 heteroatoms. The van der Waals surface area contributed by atoms with Crippen molar-refractivity contribution < 1.29 is 22.8 Å². The summed E-state index contributed by atoms with van der Waals surface area (Å²) < 4.78 is 28.6. The normalized spacial score (nSPS) is 21.4. The molecule has 2 saturated heterocycles. The molecule has 0 bridgehead atoms. The van der Waals surface area contributed by atoms with Crippen LogP contribution in [-0.2, 0) is 19.6 Å². The number of rotatable bonds is 8. The maximum Gasteiger partial charge on any atom is 0.262 e. The number of halogens is 2. The Balaban J connectivity index is 1.21. The van der Waals surface area contributed by atoms with Crippen LogP contribution in [0.3, 0.4) is 0 Å². The van der Waals surface area contributed by atoms with Crippen LogP contribution >= 0.6 is 34.5 Å². The number of hydrogen-bond acceptors (Lipinski definition) is 6. The molecule has 2 aliphatic rings. The number of carbonyl (C=O) groups excluding carboxylic acids is 3. The number of benzene rings is 2. The minimum absolute atomic E-state index is 0.00766. The molecule has 3 heterocycles. The molecule has 42 heavy (non-hydrogen) atoms. The van der Waals surface area contributed by atoms with Gasteiger partial charge in [-0.25, -0.2) is 8.42 Å². The maximum absolute atomic E-state index is 13.6. The van der Waals surface area contributed by atoms with E-state index in [4.69, 9.17) is 23.2 Å². The Morgan fingerprint density at radius 1 is 1.00 bits per heavy atom. The fourth-order valence-electron chi connectivity index (χ4n) is 5.28. The first-order valence-corrected chi connectivity index (χ1v) is 16.7. The van der Waals surface area contributed by atoms with Crippen molar-refractivity contribution in [1.82, 2.24) is 19.4 Å². The van der Waals surface area contributed by atoms with Gasteiger partial charge in [0.05, 0.1) is 9.90 Å². The Bertz CT molecular complexity index is 1620. The van der Waals surface area contributed by atoms with Gasteiger partial charge in [-0.05, 0) is 55.0 Å². The molecular weight excluding hydrogens is 619 g/mol. The van der Waals surface area contributed by atoms with E-state index in [9.17, 15) is 22.8 Å². The van der Waals surface area contributed by atoms with Gasteiger partial charge < -0.3 is 15.1 Å². The van der Waals surface area contributed by atoms with Crippen molar-refractivity contribution in [2.45, 2.75) is 43.7 Å². The highest BCUT2D eigenvalue weighted by Crippen LogP contribution is 2.42. The second-order valence-electron chi connectivity index (χ2n) is 11.3. The van der Waals surface area contributed by atoms with Gasteiger partial charge in [-0.15, -0.1) is 11.3 Å². The van der Waals surface area contributed by atoms with E-state index in [0.29, 0.717) is 16.3 Å². The molecule has 2 aliphatic heterocycles. The van der Waals surface area contributed by atoms with Crippen molar-refractivity contribution in [2.24, 2.45) is 5.92 Å². The van der Waals surface area contributed by atoms with E-state index in [1.54, 1.807) is 16.7 Å². The third-order valence-corrected chi connectivity index (χ3v) is 11.5. The highest BCUT2D eigenvalue weighted by atomic mass is 35.5. The molecule has 1 N–H and O–H groups in total. The molecule has 0 radical (unpaired) electrons. The third-order valence-electron chi connectivity index (χ3n) is 7.66. The van der Waals surface area contributed by atoms with Crippen molar-refractivity contribution in [1.29, 1.82) is 0 Å². The summed E-state index contributed by atoms with van der Waals surface area (Å²) in [4.78, 5) is 43.8. The topological polar surface area (TPSA) is 107 Å². The van der Waals surface area contributed by atoms with Crippen LogP contribution in [0.25, 0.3) is 10.1 Å². The molecule has 1 unspecified atom stereocenters. The lowest BCUT2D eigenvalue weighted by molar-refractivity contribution is -0.142. The average Bonchev–Trinajstić information content (AvgIpc) is 3.47. The van der Waals surface area contributed by atoms with Crippen LogP contribution in [0.4, 0.5) is 0 Å². The minimum Gasteiger partial charge on any atom is -0.340 e. The Labute approximate surface area is 259 Å². The SMILES string of the molecule is CC(C)C[C@H](NC(=O)c1cc2ccccc2s1)C(=O)N1CCN(C(=O)[C@@]2(C)CN2S(=O)(=O)c2ccc(Cl)cc2Cl)CC1. The monoisotopic (exact) mass is 650 g/mol. The summed E-state index contributed by atoms with van der Waals surface area (Å²) in [7, 11) is -4.00. The summed E-state index contributed by atoms with van der Waals surface area (Å²) in [5, 5.41) is 4.23. The molecule has 2 fully saturated rings. The summed E-state index contributed by atoms with van der Waals surface area (Å²) in [5.74, 6) is -0.626. The Morgan fingerprint density at radius 2 is 1.67 bits per heavy atom. The van der Waals surface area contributed by atoms with Crippen molar-refractivity contribution in [3.8, 4) is 0 Å². The van der Waals surface area contributed by atoms with Crippen LogP contribution in [0.2, 0.25) is 10.0 Å².